The van der Waals surface area contributed by atoms with Gasteiger partial charge in [0.1, 0.15) is 19.0 Å². The quantitative estimate of drug-likeness (QED) is 0.905. The fraction of sp³-hybridized carbons (Fsp3) is 0.188. The van der Waals surface area contributed by atoms with E-state index in [4.69, 9.17) is 14.2 Å². The molecule has 3 rings (SSSR count). The number of hydrogen-bond donors (Lipinski definition) is 1. The van der Waals surface area contributed by atoms with E-state index in [2.05, 4.69) is 21.2 Å². The van der Waals surface area contributed by atoms with Crippen molar-refractivity contribution in [2.45, 2.75) is 0 Å². The summed E-state index contributed by atoms with van der Waals surface area (Å²) >= 11 is 3.35. The third kappa shape index (κ3) is 3.71. The van der Waals surface area contributed by atoms with Gasteiger partial charge in [-0.25, -0.2) is 0 Å². The minimum atomic E-state index is -0.229. The highest BCUT2D eigenvalue weighted by molar-refractivity contribution is 9.10. The second-order valence-corrected chi connectivity index (χ2v) is 5.57. The summed E-state index contributed by atoms with van der Waals surface area (Å²) in [5.74, 6) is 1.66. The molecule has 1 heterocycles. The maximum Gasteiger partial charge on any atom is 0.262 e. The number of nitrogens with one attached hydrogen (secondary N) is 1. The maximum atomic E-state index is 11.9. The SMILES string of the molecule is O=C(COc1ccc2c(c1)OCCO2)Nc1cccc(Br)c1. The molecule has 0 fully saturated rings. The van der Waals surface area contributed by atoms with Gasteiger partial charge in [0.2, 0.25) is 0 Å². The zero-order valence-corrected chi connectivity index (χ0v) is 13.3. The van der Waals surface area contributed by atoms with Gasteiger partial charge in [0.25, 0.3) is 5.91 Å². The Hall–Kier alpha value is -2.21. The molecule has 0 aliphatic carbocycles. The second kappa shape index (κ2) is 6.70. The maximum absolute atomic E-state index is 11.9. The van der Waals surface area contributed by atoms with Crippen LogP contribution in [0.3, 0.4) is 0 Å². The number of ether oxygens (including phenoxy) is 3. The normalized spacial score (nSPS) is 12.6. The molecular weight excluding hydrogens is 350 g/mol. The van der Waals surface area contributed by atoms with Crippen molar-refractivity contribution in [3.63, 3.8) is 0 Å². The average Bonchev–Trinajstić information content (AvgIpc) is 2.53. The van der Waals surface area contributed by atoms with Crippen LogP contribution in [0, 0.1) is 0 Å². The lowest BCUT2D eigenvalue weighted by molar-refractivity contribution is -0.118. The molecule has 1 aliphatic heterocycles. The Kier molecular flexibility index (Phi) is 4.48. The van der Waals surface area contributed by atoms with Crippen molar-refractivity contribution in [2.24, 2.45) is 0 Å². The number of fused-ring (bicyclic) bond motifs is 1. The van der Waals surface area contributed by atoms with Crippen molar-refractivity contribution in [1.82, 2.24) is 0 Å². The van der Waals surface area contributed by atoms with E-state index in [0.29, 0.717) is 36.1 Å². The smallest absolute Gasteiger partial charge is 0.262 e. The summed E-state index contributed by atoms with van der Waals surface area (Å²) in [7, 11) is 0. The van der Waals surface area contributed by atoms with E-state index in [0.717, 1.165) is 4.47 Å². The molecule has 6 heteroatoms. The summed E-state index contributed by atoms with van der Waals surface area (Å²) in [6.45, 7) is 0.980. The number of rotatable bonds is 4. The first-order chi connectivity index (χ1) is 10.7. The molecule has 1 aliphatic rings. The van der Waals surface area contributed by atoms with E-state index in [9.17, 15) is 4.79 Å². The first-order valence-electron chi connectivity index (χ1n) is 6.78. The van der Waals surface area contributed by atoms with Gasteiger partial charge in [0, 0.05) is 16.2 Å². The van der Waals surface area contributed by atoms with Gasteiger partial charge in [0.05, 0.1) is 0 Å². The molecule has 0 aromatic heterocycles. The monoisotopic (exact) mass is 363 g/mol. The van der Waals surface area contributed by atoms with Crippen molar-refractivity contribution in [3.05, 3.63) is 46.9 Å². The zero-order valence-electron chi connectivity index (χ0n) is 11.7. The average molecular weight is 364 g/mol. The molecule has 0 unspecified atom stereocenters. The highest BCUT2D eigenvalue weighted by Gasteiger charge is 2.12. The van der Waals surface area contributed by atoms with Gasteiger partial charge in [-0.1, -0.05) is 22.0 Å². The van der Waals surface area contributed by atoms with Crippen molar-refractivity contribution in [3.8, 4) is 17.2 Å². The molecule has 0 saturated heterocycles. The Morgan fingerprint density at radius 2 is 1.95 bits per heavy atom. The summed E-state index contributed by atoms with van der Waals surface area (Å²) in [6.07, 6.45) is 0. The molecule has 0 spiro atoms. The third-order valence-corrected chi connectivity index (χ3v) is 3.49. The number of anilines is 1. The van der Waals surface area contributed by atoms with Gasteiger partial charge in [-0.05, 0) is 30.3 Å². The molecule has 2 aromatic carbocycles. The molecule has 22 heavy (non-hydrogen) atoms. The minimum absolute atomic E-state index is 0.0772. The molecule has 0 atom stereocenters. The highest BCUT2D eigenvalue weighted by atomic mass is 79.9. The highest BCUT2D eigenvalue weighted by Crippen LogP contribution is 2.33. The fourth-order valence-electron chi connectivity index (χ4n) is 2.03. The predicted octanol–water partition coefficient (Wildman–Crippen LogP) is 3.24. The second-order valence-electron chi connectivity index (χ2n) is 4.65. The van der Waals surface area contributed by atoms with Crippen LogP contribution in [0.4, 0.5) is 5.69 Å². The van der Waals surface area contributed by atoms with Gasteiger partial charge in [-0.15, -0.1) is 0 Å². The molecular formula is C16H14BrNO4. The lowest BCUT2D eigenvalue weighted by Gasteiger charge is -2.18. The number of halogens is 1. The third-order valence-electron chi connectivity index (χ3n) is 2.99. The number of amides is 1. The van der Waals surface area contributed by atoms with Crippen LogP contribution in [0.15, 0.2) is 46.9 Å². The predicted molar refractivity (Wildman–Crippen MR) is 85.7 cm³/mol. The van der Waals surface area contributed by atoms with Crippen molar-refractivity contribution in [2.75, 3.05) is 25.1 Å². The summed E-state index contributed by atoms with van der Waals surface area (Å²) in [5.41, 5.74) is 0.713. The number of benzene rings is 2. The Morgan fingerprint density at radius 1 is 1.14 bits per heavy atom. The molecule has 114 valence electrons. The van der Waals surface area contributed by atoms with E-state index < -0.39 is 0 Å². The first kappa shape index (κ1) is 14.7. The molecule has 5 nitrogen and oxygen atoms in total. The van der Waals surface area contributed by atoms with Gasteiger partial charge in [-0.2, -0.15) is 0 Å². The van der Waals surface area contributed by atoms with Crippen LogP contribution in [0.1, 0.15) is 0 Å². The first-order valence-corrected chi connectivity index (χ1v) is 7.58. The van der Waals surface area contributed by atoms with Crippen LogP contribution in [-0.2, 0) is 4.79 Å². The van der Waals surface area contributed by atoms with Crippen molar-refractivity contribution < 1.29 is 19.0 Å². The van der Waals surface area contributed by atoms with E-state index in [1.165, 1.54) is 0 Å². The van der Waals surface area contributed by atoms with Crippen LogP contribution >= 0.6 is 15.9 Å². The van der Waals surface area contributed by atoms with Crippen LogP contribution in [0.5, 0.6) is 17.2 Å². The number of carbonyl (C=O) groups excluding carboxylic acids is 1. The van der Waals surface area contributed by atoms with E-state index in [1.807, 2.05) is 24.3 Å². The standard InChI is InChI=1S/C16H14BrNO4/c17-11-2-1-3-12(8-11)18-16(19)10-22-13-4-5-14-15(9-13)21-7-6-20-14/h1-5,8-9H,6-7,10H2,(H,18,19). The zero-order chi connectivity index (χ0) is 15.4. The lowest BCUT2D eigenvalue weighted by atomic mass is 10.3. The largest absolute Gasteiger partial charge is 0.486 e. The van der Waals surface area contributed by atoms with Crippen molar-refractivity contribution in [1.29, 1.82) is 0 Å². The summed E-state index contributed by atoms with van der Waals surface area (Å²) in [6, 6.07) is 12.6. The molecule has 0 saturated carbocycles. The Labute approximate surface area is 136 Å². The van der Waals surface area contributed by atoms with E-state index in [-0.39, 0.29) is 12.5 Å². The van der Waals surface area contributed by atoms with E-state index >= 15 is 0 Å². The molecule has 2 aromatic rings. The number of carbonyl (C=O) groups is 1. The minimum Gasteiger partial charge on any atom is -0.486 e. The topological polar surface area (TPSA) is 56.8 Å². The summed E-state index contributed by atoms with van der Waals surface area (Å²) < 4.78 is 17.3. The molecule has 1 amide bonds. The Bertz CT molecular complexity index is 690. The van der Waals surface area contributed by atoms with Crippen LogP contribution in [0.25, 0.3) is 0 Å². The molecule has 1 N–H and O–H groups in total. The Balaban J connectivity index is 1.57. The van der Waals surface area contributed by atoms with E-state index in [1.54, 1.807) is 18.2 Å². The van der Waals surface area contributed by atoms with Crippen molar-refractivity contribution >= 4 is 27.5 Å². The van der Waals surface area contributed by atoms with Gasteiger partial charge < -0.3 is 19.5 Å². The summed E-state index contributed by atoms with van der Waals surface area (Å²) in [4.78, 5) is 11.9. The van der Waals surface area contributed by atoms with Crippen LogP contribution in [0.2, 0.25) is 0 Å². The Morgan fingerprint density at radius 3 is 2.77 bits per heavy atom. The molecule has 0 bridgehead atoms. The van der Waals surface area contributed by atoms with Crippen LogP contribution in [-0.4, -0.2) is 25.7 Å². The van der Waals surface area contributed by atoms with Gasteiger partial charge in [0.15, 0.2) is 18.1 Å². The molecule has 0 radical (unpaired) electrons. The fourth-order valence-corrected chi connectivity index (χ4v) is 2.42. The van der Waals surface area contributed by atoms with Gasteiger partial charge in [-0.3, -0.25) is 4.79 Å². The van der Waals surface area contributed by atoms with Gasteiger partial charge >= 0.3 is 0 Å². The lowest BCUT2D eigenvalue weighted by Crippen LogP contribution is -2.20. The number of hydrogen-bond acceptors (Lipinski definition) is 4. The van der Waals surface area contributed by atoms with Crippen LogP contribution < -0.4 is 19.5 Å². The summed E-state index contributed by atoms with van der Waals surface area (Å²) in [5, 5.41) is 2.77.